The molecule has 1 heterocycles. The highest BCUT2D eigenvalue weighted by molar-refractivity contribution is 7.19. The Morgan fingerprint density at radius 3 is 2.81 bits per heavy atom. The third-order valence-corrected chi connectivity index (χ3v) is 4.39. The van der Waals surface area contributed by atoms with Gasteiger partial charge in [0.25, 0.3) is 0 Å². The number of thiophene rings is 1. The monoisotopic (exact) mass is 251 g/mol. The second kappa shape index (κ2) is 5.70. The zero-order valence-electron chi connectivity index (χ0n) is 9.34. The number of halogens is 1. The van der Waals surface area contributed by atoms with Gasteiger partial charge in [0.1, 0.15) is 0 Å². The van der Waals surface area contributed by atoms with E-state index in [2.05, 4.69) is 19.1 Å². The second-order valence-electron chi connectivity index (χ2n) is 4.04. The van der Waals surface area contributed by atoms with Crippen molar-refractivity contribution in [3.8, 4) is 0 Å². The maximum atomic E-state index is 6.16. The van der Waals surface area contributed by atoms with Crippen molar-refractivity contribution in [2.45, 2.75) is 32.1 Å². The number of hydrogen-bond donors (Lipinski definition) is 0. The lowest BCUT2D eigenvalue weighted by molar-refractivity contribution is 0.690. The van der Waals surface area contributed by atoms with Crippen molar-refractivity contribution in [1.82, 2.24) is 0 Å². The van der Waals surface area contributed by atoms with Crippen molar-refractivity contribution < 1.29 is 0 Å². The third-order valence-electron chi connectivity index (χ3n) is 2.72. The third kappa shape index (κ3) is 2.78. The molecular formula is C14H16ClS. The van der Waals surface area contributed by atoms with Crippen molar-refractivity contribution >= 4 is 33.0 Å². The summed E-state index contributed by atoms with van der Waals surface area (Å²) in [5.41, 5.74) is 0. The van der Waals surface area contributed by atoms with Crippen molar-refractivity contribution in [2.24, 2.45) is 0 Å². The van der Waals surface area contributed by atoms with Gasteiger partial charge in [0.15, 0.2) is 0 Å². The van der Waals surface area contributed by atoms with Crippen LogP contribution in [0, 0.1) is 6.92 Å². The molecule has 1 aromatic heterocycles. The summed E-state index contributed by atoms with van der Waals surface area (Å²) >= 11 is 7.99. The summed E-state index contributed by atoms with van der Waals surface area (Å²) in [5.74, 6) is 0. The Bertz CT molecular complexity index is 459. The van der Waals surface area contributed by atoms with Gasteiger partial charge >= 0.3 is 0 Å². The normalized spacial score (nSPS) is 11.1. The van der Waals surface area contributed by atoms with E-state index in [9.17, 15) is 0 Å². The van der Waals surface area contributed by atoms with E-state index in [1.54, 1.807) is 0 Å². The predicted octanol–water partition coefficient (Wildman–Crippen LogP) is 5.49. The van der Waals surface area contributed by atoms with Crippen LogP contribution >= 0.6 is 22.9 Å². The van der Waals surface area contributed by atoms with Crippen LogP contribution in [0.3, 0.4) is 0 Å². The zero-order chi connectivity index (χ0) is 11.4. The molecule has 0 unspecified atom stereocenters. The lowest BCUT2D eigenvalue weighted by Gasteiger charge is -1.96. The van der Waals surface area contributed by atoms with Crippen LogP contribution in [0.2, 0.25) is 5.02 Å². The zero-order valence-corrected chi connectivity index (χ0v) is 10.9. The first-order valence-electron chi connectivity index (χ1n) is 5.77. The standard InChI is InChI=1S/C14H16ClS/c1-2-3-4-5-8-12-10-11-7-6-9-13(15)14(11)16-12/h6-7,9-10H,1-5,8H2. The van der Waals surface area contributed by atoms with Gasteiger partial charge in [0.05, 0.1) is 9.72 Å². The van der Waals surface area contributed by atoms with E-state index in [-0.39, 0.29) is 0 Å². The predicted molar refractivity (Wildman–Crippen MR) is 74.4 cm³/mol. The second-order valence-corrected chi connectivity index (χ2v) is 5.58. The molecule has 0 N–H and O–H groups in total. The average Bonchev–Trinajstić information content (AvgIpc) is 2.69. The fraction of sp³-hybridized carbons (Fsp3) is 0.357. The summed E-state index contributed by atoms with van der Waals surface area (Å²) in [6.07, 6.45) is 6.02. The minimum Gasteiger partial charge on any atom is -0.139 e. The fourth-order valence-electron chi connectivity index (χ4n) is 1.86. The van der Waals surface area contributed by atoms with Crippen molar-refractivity contribution in [2.75, 3.05) is 0 Å². The van der Waals surface area contributed by atoms with E-state index in [1.807, 2.05) is 23.5 Å². The SMILES string of the molecule is [CH2]CCCCCc1cc2cccc(Cl)c2s1. The molecule has 1 aromatic carbocycles. The van der Waals surface area contributed by atoms with Crippen LogP contribution in [0.1, 0.15) is 30.6 Å². The number of fused-ring (bicyclic) bond motifs is 1. The smallest absolute Gasteiger partial charge is 0.0584 e. The van der Waals surface area contributed by atoms with Crippen LogP contribution in [-0.4, -0.2) is 0 Å². The fourth-order valence-corrected chi connectivity index (χ4v) is 3.26. The Morgan fingerprint density at radius 2 is 2.06 bits per heavy atom. The lowest BCUT2D eigenvalue weighted by atomic mass is 10.1. The van der Waals surface area contributed by atoms with Gasteiger partial charge in [-0.3, -0.25) is 0 Å². The average molecular weight is 252 g/mol. The summed E-state index contributed by atoms with van der Waals surface area (Å²) in [6, 6.07) is 8.39. The van der Waals surface area contributed by atoms with Crippen LogP contribution in [0.4, 0.5) is 0 Å². The van der Waals surface area contributed by atoms with Gasteiger partial charge in [-0.25, -0.2) is 0 Å². The van der Waals surface area contributed by atoms with Gasteiger partial charge in [-0.05, 0) is 30.4 Å². The Morgan fingerprint density at radius 1 is 1.19 bits per heavy atom. The molecule has 0 nitrogen and oxygen atoms in total. The molecule has 2 rings (SSSR count). The summed E-state index contributed by atoms with van der Waals surface area (Å²) in [7, 11) is 0. The first-order chi connectivity index (χ1) is 7.81. The first kappa shape index (κ1) is 11.9. The number of rotatable bonds is 5. The molecule has 0 aliphatic rings. The van der Waals surface area contributed by atoms with Gasteiger partial charge in [-0.1, -0.05) is 49.9 Å². The Balaban J connectivity index is 2.05. The van der Waals surface area contributed by atoms with E-state index in [4.69, 9.17) is 11.6 Å². The summed E-state index contributed by atoms with van der Waals surface area (Å²) in [6.45, 7) is 3.86. The van der Waals surface area contributed by atoms with E-state index in [1.165, 1.54) is 40.6 Å². The molecule has 85 valence electrons. The molecule has 0 saturated carbocycles. The van der Waals surface area contributed by atoms with Crippen LogP contribution in [0.15, 0.2) is 24.3 Å². The number of hydrogen-bond acceptors (Lipinski definition) is 1. The molecule has 0 spiro atoms. The number of unbranched alkanes of at least 4 members (excludes halogenated alkanes) is 3. The van der Waals surface area contributed by atoms with Crippen molar-refractivity contribution in [3.63, 3.8) is 0 Å². The molecule has 0 atom stereocenters. The molecule has 0 fully saturated rings. The van der Waals surface area contributed by atoms with Gasteiger partial charge in [-0.2, -0.15) is 0 Å². The van der Waals surface area contributed by atoms with Gasteiger partial charge < -0.3 is 0 Å². The highest BCUT2D eigenvalue weighted by atomic mass is 35.5. The van der Waals surface area contributed by atoms with Crippen LogP contribution in [0.25, 0.3) is 10.1 Å². The molecule has 0 amide bonds. The quantitative estimate of drug-likeness (QED) is 0.617. The topological polar surface area (TPSA) is 0 Å². The highest BCUT2D eigenvalue weighted by Crippen LogP contribution is 2.32. The van der Waals surface area contributed by atoms with E-state index in [0.717, 1.165) is 11.4 Å². The van der Waals surface area contributed by atoms with Crippen LogP contribution in [-0.2, 0) is 6.42 Å². The first-order valence-corrected chi connectivity index (χ1v) is 6.97. The molecular weight excluding hydrogens is 236 g/mol. The van der Waals surface area contributed by atoms with Gasteiger partial charge in [0, 0.05) is 4.88 Å². The van der Waals surface area contributed by atoms with Crippen LogP contribution in [0.5, 0.6) is 0 Å². The van der Waals surface area contributed by atoms with E-state index >= 15 is 0 Å². The molecule has 2 heteroatoms. The molecule has 16 heavy (non-hydrogen) atoms. The highest BCUT2D eigenvalue weighted by Gasteiger charge is 2.04. The number of benzene rings is 1. The molecule has 2 aromatic rings. The lowest BCUT2D eigenvalue weighted by Crippen LogP contribution is -1.80. The van der Waals surface area contributed by atoms with Gasteiger partial charge in [-0.15, -0.1) is 11.3 Å². The molecule has 0 aliphatic carbocycles. The Labute approximate surface area is 106 Å². The summed E-state index contributed by atoms with van der Waals surface area (Å²) in [4.78, 5) is 1.45. The van der Waals surface area contributed by atoms with Crippen LogP contribution < -0.4 is 0 Å². The summed E-state index contributed by atoms with van der Waals surface area (Å²) < 4.78 is 1.23. The molecule has 0 aliphatic heterocycles. The Kier molecular flexibility index (Phi) is 4.25. The minimum absolute atomic E-state index is 0.881. The molecule has 0 saturated heterocycles. The van der Waals surface area contributed by atoms with Gasteiger partial charge in [0.2, 0.25) is 0 Å². The number of aryl methyl sites for hydroxylation is 1. The largest absolute Gasteiger partial charge is 0.139 e. The van der Waals surface area contributed by atoms with E-state index in [0.29, 0.717) is 0 Å². The van der Waals surface area contributed by atoms with Crippen molar-refractivity contribution in [1.29, 1.82) is 0 Å². The minimum atomic E-state index is 0.881. The van der Waals surface area contributed by atoms with Crippen molar-refractivity contribution in [3.05, 3.63) is 41.1 Å². The maximum Gasteiger partial charge on any atom is 0.0584 e. The molecule has 1 radical (unpaired) electrons. The Hall–Kier alpha value is -0.530. The summed E-state index contributed by atoms with van der Waals surface area (Å²) in [5, 5.41) is 2.16. The molecule has 0 bridgehead atoms. The van der Waals surface area contributed by atoms with E-state index < -0.39 is 0 Å². The maximum absolute atomic E-state index is 6.16.